The van der Waals surface area contributed by atoms with Crippen molar-refractivity contribution >= 4 is 28.5 Å². The first-order valence-corrected chi connectivity index (χ1v) is 7.85. The van der Waals surface area contributed by atoms with Crippen molar-refractivity contribution in [1.29, 1.82) is 0 Å². The lowest BCUT2D eigenvalue weighted by Gasteiger charge is -1.93. The Morgan fingerprint density at radius 3 is 3.00 bits per heavy atom. The molecule has 0 bridgehead atoms. The second kappa shape index (κ2) is 2.04. The first-order chi connectivity index (χ1) is 4.47. The fraction of sp³-hybridized carbons (Fsp3) is 0. The minimum atomic E-state index is 0.219. The Morgan fingerprint density at radius 1 is 1.22 bits per heavy atom. The van der Waals surface area contributed by atoms with E-state index < -0.39 is 0 Å². The molecule has 1 heterocycles. The van der Waals surface area contributed by atoms with Crippen LogP contribution in [0.4, 0.5) is 0 Å². The third-order valence-electron chi connectivity index (χ3n) is 1.69. The quantitative estimate of drug-likeness (QED) is 0.414. The van der Waals surface area contributed by atoms with Crippen LogP contribution in [0.2, 0.25) is 0 Å². The average Bonchev–Trinajstić information content (AvgIpc) is 2.33. The topological polar surface area (TPSA) is 0 Å². The van der Waals surface area contributed by atoms with Gasteiger partial charge in [0, 0.05) is 0 Å². The van der Waals surface area contributed by atoms with E-state index in [0.717, 1.165) is 8.65 Å². The van der Waals surface area contributed by atoms with Gasteiger partial charge >= 0.3 is 0 Å². The Bertz CT molecular complexity index is 253. The van der Waals surface area contributed by atoms with Gasteiger partial charge < -0.3 is 0 Å². The highest BCUT2D eigenvalue weighted by Crippen LogP contribution is 1.92. The van der Waals surface area contributed by atoms with Gasteiger partial charge in [-0.1, -0.05) is 35.1 Å². The van der Waals surface area contributed by atoms with E-state index in [2.05, 4.69) is 29.9 Å². The lowest BCUT2D eigenvalue weighted by molar-refractivity contribution is 1.75. The molecule has 0 atom stereocenters. The average molecular weight is 148 g/mol. The normalized spacial score (nSPS) is 16.4. The Hall–Kier alpha value is -0.476. The van der Waals surface area contributed by atoms with Crippen LogP contribution in [-0.2, 0) is 0 Å². The lowest BCUT2D eigenvalue weighted by Crippen LogP contribution is -2.12. The van der Waals surface area contributed by atoms with Crippen LogP contribution in [0.5, 0.6) is 0 Å². The number of benzene rings is 1. The summed E-state index contributed by atoms with van der Waals surface area (Å²) in [5, 5.41) is 1.69. The molecule has 0 spiro atoms. The Morgan fingerprint density at radius 2 is 2.11 bits per heavy atom. The van der Waals surface area contributed by atoms with Crippen LogP contribution in [0, 0.1) is 0 Å². The minimum absolute atomic E-state index is 0.219. The van der Waals surface area contributed by atoms with Crippen molar-refractivity contribution in [1.82, 2.24) is 0 Å². The maximum atomic E-state index is 2.45. The van der Waals surface area contributed by atoms with Gasteiger partial charge in [0.15, 0.2) is 0 Å². The summed E-state index contributed by atoms with van der Waals surface area (Å²) in [4.78, 5) is 0. The van der Waals surface area contributed by atoms with Gasteiger partial charge in [0.25, 0.3) is 0 Å². The fourth-order valence-corrected chi connectivity index (χ4v) is 6.12. The van der Waals surface area contributed by atoms with Crippen LogP contribution in [0.3, 0.4) is 0 Å². The van der Waals surface area contributed by atoms with Gasteiger partial charge in [-0.2, -0.15) is 0 Å². The SMILES string of the molecule is C1=[SiH][SiH2]c2ccccc21. The number of hydrogen-bond acceptors (Lipinski definition) is 0. The molecule has 0 saturated heterocycles. The zero-order valence-electron chi connectivity index (χ0n) is 5.17. The van der Waals surface area contributed by atoms with Gasteiger partial charge in [0.05, 0.1) is 9.04 Å². The molecule has 0 radical (unpaired) electrons. The van der Waals surface area contributed by atoms with E-state index in [9.17, 15) is 0 Å². The molecule has 2 heteroatoms. The largest absolute Gasteiger partial charge is 0.0812 e. The summed E-state index contributed by atoms with van der Waals surface area (Å²) in [6, 6.07) is 8.82. The summed E-state index contributed by atoms with van der Waals surface area (Å²) in [7, 11) is 0.951. The smallest absolute Gasteiger partial charge is 0.0630 e. The van der Waals surface area contributed by atoms with Crippen LogP contribution in [0.25, 0.3) is 0 Å². The molecule has 1 aromatic carbocycles. The minimum Gasteiger partial charge on any atom is -0.0812 e. The summed E-state index contributed by atoms with van der Waals surface area (Å²) in [6.07, 6.45) is 0. The molecule has 0 aromatic heterocycles. The van der Waals surface area contributed by atoms with E-state index in [-0.39, 0.29) is 9.04 Å². The molecule has 9 heavy (non-hydrogen) atoms. The van der Waals surface area contributed by atoms with Crippen molar-refractivity contribution in [2.75, 3.05) is 0 Å². The van der Waals surface area contributed by atoms with E-state index in [0.29, 0.717) is 0 Å². The molecule has 0 N–H and O–H groups in total. The van der Waals surface area contributed by atoms with Crippen LogP contribution < -0.4 is 5.19 Å². The van der Waals surface area contributed by atoms with Crippen molar-refractivity contribution in [2.45, 2.75) is 0 Å². The highest BCUT2D eigenvalue weighted by Gasteiger charge is 2.00. The van der Waals surface area contributed by atoms with Crippen LogP contribution >= 0.6 is 0 Å². The molecule has 44 valence electrons. The van der Waals surface area contributed by atoms with Gasteiger partial charge in [-0.05, 0) is 14.2 Å². The molecule has 0 aliphatic carbocycles. The molecular weight excluding hydrogens is 140 g/mol. The maximum absolute atomic E-state index is 2.45. The summed E-state index contributed by atoms with van der Waals surface area (Å²) in [5.41, 5.74) is 3.99. The zero-order chi connectivity index (χ0) is 6.10. The van der Waals surface area contributed by atoms with E-state index in [4.69, 9.17) is 0 Å². The Kier molecular flexibility index (Phi) is 1.21. The van der Waals surface area contributed by atoms with Gasteiger partial charge in [-0.25, -0.2) is 0 Å². The molecular formula is C7H8Si2. The number of rotatable bonds is 0. The zero-order valence-corrected chi connectivity index (χ0v) is 7.74. The first kappa shape index (κ1) is 5.32. The molecule has 0 nitrogen and oxygen atoms in total. The summed E-state index contributed by atoms with van der Waals surface area (Å²) < 4.78 is 0. The predicted octanol–water partition coefficient (Wildman–Crippen LogP) is -1.00. The second-order valence-corrected chi connectivity index (χ2v) is 6.92. The van der Waals surface area contributed by atoms with Crippen LogP contribution in [0.15, 0.2) is 24.3 Å². The predicted molar refractivity (Wildman–Crippen MR) is 46.9 cm³/mol. The van der Waals surface area contributed by atoms with E-state index in [1.54, 1.807) is 10.8 Å². The van der Waals surface area contributed by atoms with Crippen molar-refractivity contribution in [3.05, 3.63) is 29.8 Å². The molecule has 1 aliphatic heterocycles. The van der Waals surface area contributed by atoms with Gasteiger partial charge in [-0.3, -0.25) is 0 Å². The van der Waals surface area contributed by atoms with Crippen molar-refractivity contribution in [2.24, 2.45) is 0 Å². The molecule has 0 saturated carbocycles. The van der Waals surface area contributed by atoms with Gasteiger partial charge in [-0.15, -0.1) is 0 Å². The molecule has 2 rings (SSSR count). The maximum Gasteiger partial charge on any atom is 0.0630 e. The third-order valence-corrected chi connectivity index (χ3v) is 6.34. The van der Waals surface area contributed by atoms with Gasteiger partial charge in [0.1, 0.15) is 0 Å². The Balaban J connectivity index is 2.63. The lowest BCUT2D eigenvalue weighted by atomic mass is 10.2. The first-order valence-electron chi connectivity index (χ1n) is 3.21. The van der Waals surface area contributed by atoms with Crippen molar-refractivity contribution in [3.8, 4) is 0 Å². The Labute approximate surface area is 59.0 Å². The van der Waals surface area contributed by atoms with Crippen LogP contribution in [-0.4, -0.2) is 23.4 Å². The molecule has 0 fully saturated rings. The number of fused-ring (bicyclic) bond motifs is 1. The van der Waals surface area contributed by atoms with E-state index in [1.807, 2.05) is 0 Å². The third kappa shape index (κ3) is 0.841. The summed E-state index contributed by atoms with van der Waals surface area (Å²) >= 11 is 0. The molecule has 1 aliphatic rings. The summed E-state index contributed by atoms with van der Waals surface area (Å²) in [5.74, 6) is 0. The standard InChI is InChI=1S/C7H8Si2/c1-2-4-7-6(3-1)5-8-9-7/h1-5,8H,9H2. The summed E-state index contributed by atoms with van der Waals surface area (Å²) in [6.45, 7) is 0. The second-order valence-electron chi connectivity index (χ2n) is 2.31. The van der Waals surface area contributed by atoms with E-state index >= 15 is 0 Å². The highest BCUT2D eigenvalue weighted by molar-refractivity contribution is 7.12. The van der Waals surface area contributed by atoms with Crippen molar-refractivity contribution < 1.29 is 0 Å². The molecule has 0 unspecified atom stereocenters. The monoisotopic (exact) mass is 148 g/mol. The fourth-order valence-electron chi connectivity index (χ4n) is 1.20. The highest BCUT2D eigenvalue weighted by atomic mass is 29.1. The van der Waals surface area contributed by atoms with E-state index in [1.165, 1.54) is 0 Å². The van der Waals surface area contributed by atoms with Gasteiger partial charge in [0.2, 0.25) is 0 Å². The van der Waals surface area contributed by atoms with Crippen molar-refractivity contribution in [3.63, 3.8) is 0 Å². The number of hydrogen-bond donors (Lipinski definition) is 0. The molecule has 1 aromatic rings. The molecule has 0 amide bonds. The van der Waals surface area contributed by atoms with Crippen LogP contribution in [0.1, 0.15) is 5.56 Å².